The molecule has 0 bridgehead atoms. The van der Waals surface area contributed by atoms with Gasteiger partial charge in [-0.05, 0) is 40.2 Å². The van der Waals surface area contributed by atoms with Crippen LogP contribution < -0.4 is 10.6 Å². The van der Waals surface area contributed by atoms with Crippen molar-refractivity contribution in [3.63, 3.8) is 0 Å². The van der Waals surface area contributed by atoms with Crippen LogP contribution in [0.4, 0.5) is 0 Å². The molecule has 1 aromatic heterocycles. The lowest BCUT2D eigenvalue weighted by molar-refractivity contribution is -0.136. The standard InChI is InChI=1S/C18H30N4OS/c1-12(19-3)9-16-17(24-13(2)21-16)14-10-20-11-15(14)18(23)22-7-5-4-6-8-22/h12,14-15,19-20H,4-11H2,1-3H3/t12?,14-,15?/m1/s1. The Morgan fingerprint density at radius 2 is 2.12 bits per heavy atom. The molecule has 1 amide bonds. The first-order chi connectivity index (χ1) is 11.6. The molecule has 6 heteroatoms. The summed E-state index contributed by atoms with van der Waals surface area (Å²) in [4.78, 5) is 21.2. The van der Waals surface area contributed by atoms with Crippen LogP contribution in [-0.2, 0) is 11.2 Å². The number of aryl methyl sites for hydroxylation is 1. The predicted molar refractivity (Wildman–Crippen MR) is 98.6 cm³/mol. The largest absolute Gasteiger partial charge is 0.342 e. The lowest BCUT2D eigenvalue weighted by Crippen LogP contribution is -2.41. The molecule has 0 spiro atoms. The molecular weight excluding hydrogens is 320 g/mol. The van der Waals surface area contributed by atoms with Crippen molar-refractivity contribution in [2.45, 2.75) is 51.5 Å². The van der Waals surface area contributed by atoms with E-state index in [0.717, 1.165) is 50.4 Å². The van der Waals surface area contributed by atoms with Gasteiger partial charge in [-0.3, -0.25) is 4.79 Å². The second-order valence-electron chi connectivity index (χ2n) is 7.19. The van der Waals surface area contributed by atoms with Gasteiger partial charge in [0.05, 0.1) is 16.6 Å². The molecule has 2 unspecified atom stereocenters. The number of likely N-dealkylation sites (N-methyl/N-ethyl adjacent to an activating group) is 1. The molecule has 5 nitrogen and oxygen atoms in total. The highest BCUT2D eigenvalue weighted by atomic mass is 32.1. The van der Waals surface area contributed by atoms with Crippen molar-refractivity contribution in [3.05, 3.63) is 15.6 Å². The topological polar surface area (TPSA) is 57.3 Å². The molecule has 1 aromatic rings. The average molecular weight is 351 g/mol. The summed E-state index contributed by atoms with van der Waals surface area (Å²) >= 11 is 1.78. The van der Waals surface area contributed by atoms with Gasteiger partial charge in [0.25, 0.3) is 0 Å². The third-order valence-electron chi connectivity index (χ3n) is 5.36. The fraction of sp³-hybridized carbons (Fsp3) is 0.778. The maximum absolute atomic E-state index is 13.0. The summed E-state index contributed by atoms with van der Waals surface area (Å²) < 4.78 is 0. The Morgan fingerprint density at radius 3 is 2.83 bits per heavy atom. The van der Waals surface area contributed by atoms with Crippen LogP contribution in [0.5, 0.6) is 0 Å². The van der Waals surface area contributed by atoms with Gasteiger partial charge in [-0.15, -0.1) is 11.3 Å². The molecule has 2 fully saturated rings. The molecule has 134 valence electrons. The smallest absolute Gasteiger partial charge is 0.227 e. The predicted octanol–water partition coefficient (Wildman–Crippen LogP) is 1.92. The van der Waals surface area contributed by atoms with Crippen molar-refractivity contribution < 1.29 is 4.79 Å². The Morgan fingerprint density at radius 1 is 1.38 bits per heavy atom. The number of likely N-dealkylation sites (tertiary alicyclic amines) is 1. The van der Waals surface area contributed by atoms with Crippen molar-refractivity contribution >= 4 is 17.2 Å². The number of nitrogens with zero attached hydrogens (tertiary/aromatic N) is 2. The molecule has 3 rings (SSSR count). The first-order valence-electron chi connectivity index (χ1n) is 9.23. The van der Waals surface area contributed by atoms with Gasteiger partial charge in [-0.1, -0.05) is 0 Å². The quantitative estimate of drug-likeness (QED) is 0.852. The van der Waals surface area contributed by atoms with Crippen LogP contribution in [0.15, 0.2) is 0 Å². The minimum atomic E-state index is 0.0755. The number of aromatic nitrogens is 1. The number of piperidine rings is 1. The van der Waals surface area contributed by atoms with Crippen molar-refractivity contribution in [2.24, 2.45) is 5.92 Å². The Hall–Kier alpha value is -0.980. The lowest BCUT2D eigenvalue weighted by Gasteiger charge is -2.30. The summed E-state index contributed by atoms with van der Waals surface area (Å²) in [6.07, 6.45) is 4.50. The zero-order valence-electron chi connectivity index (χ0n) is 15.1. The molecule has 3 heterocycles. The van der Waals surface area contributed by atoms with Gasteiger partial charge in [0.2, 0.25) is 5.91 Å². The minimum absolute atomic E-state index is 0.0755. The van der Waals surface area contributed by atoms with Gasteiger partial charge in [-0.25, -0.2) is 4.98 Å². The van der Waals surface area contributed by atoms with E-state index in [4.69, 9.17) is 4.98 Å². The van der Waals surface area contributed by atoms with Gasteiger partial charge in [0.1, 0.15) is 0 Å². The van der Waals surface area contributed by atoms with Crippen molar-refractivity contribution in [1.82, 2.24) is 20.5 Å². The summed E-state index contributed by atoms with van der Waals surface area (Å²) in [5.41, 5.74) is 1.18. The van der Waals surface area contributed by atoms with E-state index in [-0.39, 0.29) is 11.8 Å². The van der Waals surface area contributed by atoms with E-state index >= 15 is 0 Å². The summed E-state index contributed by atoms with van der Waals surface area (Å²) in [7, 11) is 1.99. The van der Waals surface area contributed by atoms with Crippen molar-refractivity contribution in [1.29, 1.82) is 0 Å². The number of hydrogen-bond acceptors (Lipinski definition) is 5. The molecular formula is C18H30N4OS. The Kier molecular flexibility index (Phi) is 5.89. The summed E-state index contributed by atoms with van der Waals surface area (Å²) in [5.74, 6) is 0.708. The Bertz CT molecular complexity index is 567. The zero-order valence-corrected chi connectivity index (χ0v) is 15.9. The molecule has 2 N–H and O–H groups in total. The highest BCUT2D eigenvalue weighted by Crippen LogP contribution is 2.36. The number of nitrogens with one attached hydrogen (secondary N) is 2. The highest BCUT2D eigenvalue weighted by Gasteiger charge is 2.39. The zero-order chi connectivity index (χ0) is 17.1. The monoisotopic (exact) mass is 350 g/mol. The number of thiazole rings is 1. The lowest BCUT2D eigenvalue weighted by atomic mass is 9.90. The van der Waals surface area contributed by atoms with Gasteiger partial charge in [0, 0.05) is 49.4 Å². The van der Waals surface area contributed by atoms with E-state index in [1.165, 1.54) is 17.0 Å². The second kappa shape index (κ2) is 7.93. The maximum atomic E-state index is 13.0. The van der Waals surface area contributed by atoms with E-state index in [0.29, 0.717) is 11.9 Å². The molecule has 0 radical (unpaired) electrons. The van der Waals surface area contributed by atoms with Crippen LogP contribution >= 0.6 is 11.3 Å². The van der Waals surface area contributed by atoms with Crippen LogP contribution in [0.3, 0.4) is 0 Å². The molecule has 0 aromatic carbocycles. The highest BCUT2D eigenvalue weighted by molar-refractivity contribution is 7.11. The summed E-state index contributed by atoms with van der Waals surface area (Å²) in [6, 6.07) is 0.399. The van der Waals surface area contributed by atoms with Gasteiger partial charge < -0.3 is 15.5 Å². The summed E-state index contributed by atoms with van der Waals surface area (Å²) in [5, 5.41) is 7.87. The number of carbonyl (C=O) groups is 1. The van der Waals surface area contributed by atoms with E-state index < -0.39 is 0 Å². The fourth-order valence-corrected chi connectivity index (χ4v) is 5.00. The fourth-order valence-electron chi connectivity index (χ4n) is 3.88. The molecule has 2 aliphatic heterocycles. The van der Waals surface area contributed by atoms with Crippen LogP contribution in [0.25, 0.3) is 0 Å². The molecule has 2 saturated heterocycles. The van der Waals surface area contributed by atoms with E-state index in [9.17, 15) is 4.79 Å². The Balaban J connectivity index is 1.78. The van der Waals surface area contributed by atoms with Crippen molar-refractivity contribution in [3.8, 4) is 0 Å². The Labute approximate surface area is 149 Å². The molecule has 0 aliphatic carbocycles. The number of rotatable bonds is 5. The molecule has 3 atom stereocenters. The first-order valence-corrected chi connectivity index (χ1v) is 10.0. The SMILES string of the molecule is CNC(C)Cc1nc(C)sc1[C@@H]1CNCC1C(=O)N1CCCCC1. The maximum Gasteiger partial charge on any atom is 0.227 e. The summed E-state index contributed by atoms with van der Waals surface area (Å²) in [6.45, 7) is 7.83. The first kappa shape index (κ1) is 17.8. The van der Waals surface area contributed by atoms with E-state index in [1.54, 1.807) is 11.3 Å². The number of hydrogen-bond donors (Lipinski definition) is 2. The normalized spacial score (nSPS) is 25.9. The van der Waals surface area contributed by atoms with E-state index in [2.05, 4.69) is 29.4 Å². The third-order valence-corrected chi connectivity index (χ3v) is 6.51. The van der Waals surface area contributed by atoms with Gasteiger partial charge in [-0.2, -0.15) is 0 Å². The van der Waals surface area contributed by atoms with Crippen LogP contribution in [-0.4, -0.2) is 55.1 Å². The van der Waals surface area contributed by atoms with Crippen LogP contribution in [0, 0.1) is 12.8 Å². The number of carbonyl (C=O) groups excluding carboxylic acids is 1. The van der Waals surface area contributed by atoms with Gasteiger partial charge in [0.15, 0.2) is 0 Å². The third kappa shape index (κ3) is 3.81. The number of amides is 1. The second-order valence-corrected chi connectivity index (χ2v) is 8.43. The van der Waals surface area contributed by atoms with Crippen LogP contribution in [0.1, 0.15) is 47.7 Å². The minimum Gasteiger partial charge on any atom is -0.342 e. The molecule has 2 aliphatic rings. The van der Waals surface area contributed by atoms with Crippen molar-refractivity contribution in [2.75, 3.05) is 33.2 Å². The average Bonchev–Trinajstić information content (AvgIpc) is 3.21. The molecule has 24 heavy (non-hydrogen) atoms. The van der Waals surface area contributed by atoms with Crippen LogP contribution in [0.2, 0.25) is 0 Å². The molecule has 0 saturated carbocycles. The van der Waals surface area contributed by atoms with Gasteiger partial charge >= 0.3 is 0 Å². The van der Waals surface area contributed by atoms with E-state index in [1.807, 2.05) is 7.05 Å².